The number of para-hydroxylation sites is 2. The second-order valence-corrected chi connectivity index (χ2v) is 6.73. The lowest BCUT2D eigenvalue weighted by atomic mass is 9.94. The number of aromatic nitrogens is 3. The molecule has 0 aliphatic carbocycles. The molecular formula is C22H23N5O3. The van der Waals surface area contributed by atoms with Gasteiger partial charge in [-0.1, -0.05) is 30.3 Å². The highest BCUT2D eigenvalue weighted by atomic mass is 16.5. The molecule has 30 heavy (non-hydrogen) atoms. The molecule has 1 amide bonds. The van der Waals surface area contributed by atoms with Crippen molar-refractivity contribution in [2.75, 3.05) is 24.4 Å². The summed E-state index contributed by atoms with van der Waals surface area (Å²) in [5.74, 6) is 1.49. The Morgan fingerprint density at radius 3 is 2.73 bits per heavy atom. The summed E-state index contributed by atoms with van der Waals surface area (Å²) in [5, 5.41) is 10.5. The van der Waals surface area contributed by atoms with E-state index in [1.807, 2.05) is 62.4 Å². The van der Waals surface area contributed by atoms with Crippen molar-refractivity contribution in [3.63, 3.8) is 0 Å². The average Bonchev–Trinajstić information content (AvgIpc) is 3.22. The molecule has 8 heteroatoms. The van der Waals surface area contributed by atoms with Crippen LogP contribution < -0.4 is 20.1 Å². The molecule has 1 aliphatic rings. The van der Waals surface area contributed by atoms with E-state index in [1.54, 1.807) is 11.8 Å². The molecule has 1 aromatic heterocycles. The summed E-state index contributed by atoms with van der Waals surface area (Å²) in [5.41, 5.74) is 2.69. The number of hydrogen-bond donors (Lipinski definition) is 2. The Morgan fingerprint density at radius 2 is 2.00 bits per heavy atom. The van der Waals surface area contributed by atoms with Gasteiger partial charge < -0.3 is 20.1 Å². The number of allylic oxidation sites excluding steroid dienone is 1. The smallest absolute Gasteiger partial charge is 0.255 e. The van der Waals surface area contributed by atoms with Crippen molar-refractivity contribution in [3.8, 4) is 11.5 Å². The topological polar surface area (TPSA) is 90.3 Å². The van der Waals surface area contributed by atoms with Gasteiger partial charge in [0, 0.05) is 16.9 Å². The summed E-state index contributed by atoms with van der Waals surface area (Å²) in [6.07, 6.45) is 1.46. The lowest BCUT2D eigenvalue weighted by molar-refractivity contribution is -0.113. The lowest BCUT2D eigenvalue weighted by Gasteiger charge is -2.30. The largest absolute Gasteiger partial charge is 0.493 e. The number of carbonyl (C=O) groups excluding carboxylic acids is 1. The number of anilines is 2. The van der Waals surface area contributed by atoms with Crippen molar-refractivity contribution in [1.82, 2.24) is 14.8 Å². The van der Waals surface area contributed by atoms with Gasteiger partial charge in [-0.05, 0) is 32.0 Å². The van der Waals surface area contributed by atoms with Crippen LogP contribution in [0.1, 0.15) is 25.5 Å². The monoisotopic (exact) mass is 405 g/mol. The molecule has 2 aromatic carbocycles. The summed E-state index contributed by atoms with van der Waals surface area (Å²) >= 11 is 0. The Kier molecular flexibility index (Phi) is 5.38. The fourth-order valence-corrected chi connectivity index (χ4v) is 3.60. The molecule has 8 nitrogen and oxygen atoms in total. The van der Waals surface area contributed by atoms with E-state index in [0.29, 0.717) is 41.0 Å². The van der Waals surface area contributed by atoms with Gasteiger partial charge in [-0.2, -0.15) is 10.1 Å². The second-order valence-electron chi connectivity index (χ2n) is 6.73. The highest BCUT2D eigenvalue weighted by Crippen LogP contribution is 2.42. The fourth-order valence-electron chi connectivity index (χ4n) is 3.60. The van der Waals surface area contributed by atoms with Crippen LogP contribution in [0.5, 0.6) is 11.5 Å². The van der Waals surface area contributed by atoms with Crippen molar-refractivity contribution in [3.05, 3.63) is 71.7 Å². The molecule has 0 unspecified atom stereocenters. The van der Waals surface area contributed by atoms with E-state index in [1.165, 1.54) is 6.33 Å². The van der Waals surface area contributed by atoms with E-state index in [9.17, 15) is 4.79 Å². The van der Waals surface area contributed by atoms with E-state index in [2.05, 4.69) is 20.7 Å². The minimum atomic E-state index is -0.538. The van der Waals surface area contributed by atoms with Crippen molar-refractivity contribution in [2.24, 2.45) is 0 Å². The number of hydrogen-bond acceptors (Lipinski definition) is 6. The standard InChI is InChI=1S/C22H23N5O3/c1-4-30-20-16(11-8-12-17(20)29-3)19-18(14(2)25-22-23-13-24-27(19)22)21(28)26-15-9-6-5-7-10-15/h5-13,19H,4H2,1-3H3,(H,26,28)(H,23,24,25)/t19-/m1/s1. The first-order valence-corrected chi connectivity index (χ1v) is 9.67. The Balaban J connectivity index is 1.84. The number of nitrogens with one attached hydrogen (secondary N) is 2. The summed E-state index contributed by atoms with van der Waals surface area (Å²) in [6, 6.07) is 14.4. The number of fused-ring (bicyclic) bond motifs is 1. The molecule has 2 heterocycles. The normalized spacial score (nSPS) is 15.2. The molecule has 1 atom stereocenters. The lowest BCUT2D eigenvalue weighted by Crippen LogP contribution is -2.31. The average molecular weight is 405 g/mol. The maximum atomic E-state index is 13.4. The molecule has 0 bridgehead atoms. The van der Waals surface area contributed by atoms with E-state index in [4.69, 9.17) is 9.47 Å². The zero-order valence-corrected chi connectivity index (χ0v) is 17.0. The summed E-state index contributed by atoms with van der Waals surface area (Å²) < 4.78 is 13.1. The highest BCUT2D eigenvalue weighted by Gasteiger charge is 2.36. The van der Waals surface area contributed by atoms with Crippen molar-refractivity contribution in [1.29, 1.82) is 0 Å². The van der Waals surface area contributed by atoms with E-state index < -0.39 is 6.04 Å². The quantitative estimate of drug-likeness (QED) is 0.651. The van der Waals surface area contributed by atoms with Gasteiger partial charge in [0.1, 0.15) is 12.4 Å². The van der Waals surface area contributed by atoms with Gasteiger partial charge in [-0.3, -0.25) is 4.79 Å². The second kappa shape index (κ2) is 8.28. The third-order valence-electron chi connectivity index (χ3n) is 4.88. The van der Waals surface area contributed by atoms with Gasteiger partial charge in [0.25, 0.3) is 5.91 Å². The van der Waals surface area contributed by atoms with Crippen LogP contribution in [0.3, 0.4) is 0 Å². The number of benzene rings is 2. The number of methoxy groups -OCH3 is 1. The van der Waals surface area contributed by atoms with Crippen LogP contribution in [0.15, 0.2) is 66.1 Å². The minimum Gasteiger partial charge on any atom is -0.493 e. The maximum absolute atomic E-state index is 13.4. The van der Waals surface area contributed by atoms with Crippen LogP contribution in [0, 0.1) is 0 Å². The van der Waals surface area contributed by atoms with Crippen LogP contribution in [0.2, 0.25) is 0 Å². The Morgan fingerprint density at radius 1 is 1.20 bits per heavy atom. The Labute approximate surface area is 174 Å². The van der Waals surface area contributed by atoms with Crippen molar-refractivity contribution in [2.45, 2.75) is 19.9 Å². The summed E-state index contributed by atoms with van der Waals surface area (Å²) in [6.45, 7) is 4.21. The molecule has 2 N–H and O–H groups in total. The van der Waals surface area contributed by atoms with Gasteiger partial charge in [0.05, 0.1) is 19.3 Å². The number of rotatable bonds is 6. The first-order valence-electron chi connectivity index (χ1n) is 9.67. The minimum absolute atomic E-state index is 0.234. The van der Waals surface area contributed by atoms with E-state index in [0.717, 1.165) is 5.56 Å². The summed E-state index contributed by atoms with van der Waals surface area (Å²) in [7, 11) is 1.59. The summed E-state index contributed by atoms with van der Waals surface area (Å²) in [4.78, 5) is 17.7. The zero-order valence-electron chi connectivity index (χ0n) is 17.0. The molecule has 0 fully saturated rings. The van der Waals surface area contributed by atoms with Crippen LogP contribution >= 0.6 is 0 Å². The van der Waals surface area contributed by atoms with Crippen LogP contribution in [-0.2, 0) is 4.79 Å². The Bertz CT molecular complexity index is 1090. The van der Waals surface area contributed by atoms with Crippen LogP contribution in [-0.4, -0.2) is 34.4 Å². The molecule has 4 rings (SSSR count). The van der Waals surface area contributed by atoms with Gasteiger partial charge in [-0.15, -0.1) is 0 Å². The first kappa shape index (κ1) is 19.5. The zero-order chi connectivity index (χ0) is 21.1. The van der Waals surface area contributed by atoms with E-state index >= 15 is 0 Å². The number of ether oxygens (including phenoxy) is 2. The van der Waals surface area contributed by atoms with Crippen LogP contribution in [0.4, 0.5) is 11.6 Å². The number of carbonyl (C=O) groups is 1. The molecule has 3 aromatic rings. The molecular weight excluding hydrogens is 382 g/mol. The third kappa shape index (κ3) is 3.47. The van der Waals surface area contributed by atoms with Gasteiger partial charge in [0.2, 0.25) is 5.95 Å². The third-order valence-corrected chi connectivity index (χ3v) is 4.88. The molecule has 1 aliphatic heterocycles. The molecule has 154 valence electrons. The maximum Gasteiger partial charge on any atom is 0.255 e. The first-order chi connectivity index (χ1) is 14.6. The van der Waals surface area contributed by atoms with Crippen LogP contribution in [0.25, 0.3) is 0 Å². The van der Waals surface area contributed by atoms with Gasteiger partial charge in [-0.25, -0.2) is 4.68 Å². The molecule has 0 radical (unpaired) electrons. The fraction of sp³-hybridized carbons (Fsp3) is 0.227. The SMILES string of the molecule is CCOc1c(OC)cccc1[C@@H]1C(C(=O)Nc2ccccc2)=C(C)Nc2ncnn21. The van der Waals surface area contributed by atoms with Crippen molar-refractivity contribution < 1.29 is 14.3 Å². The predicted molar refractivity (Wildman–Crippen MR) is 114 cm³/mol. The number of nitrogens with zero attached hydrogens (tertiary/aromatic N) is 3. The number of amides is 1. The van der Waals surface area contributed by atoms with E-state index in [-0.39, 0.29) is 5.91 Å². The highest BCUT2D eigenvalue weighted by molar-refractivity contribution is 6.06. The molecule has 0 saturated carbocycles. The van der Waals surface area contributed by atoms with Gasteiger partial charge in [0.15, 0.2) is 11.5 Å². The van der Waals surface area contributed by atoms with Crippen molar-refractivity contribution >= 4 is 17.5 Å². The molecule has 0 spiro atoms. The Hall–Kier alpha value is -3.81. The molecule has 0 saturated heterocycles. The van der Waals surface area contributed by atoms with Gasteiger partial charge >= 0.3 is 0 Å². The predicted octanol–water partition coefficient (Wildman–Crippen LogP) is 3.61.